The van der Waals surface area contributed by atoms with Crippen LogP contribution >= 0.6 is 11.8 Å². The molecular weight excluding hydrogens is 262 g/mol. The van der Waals surface area contributed by atoms with Gasteiger partial charge in [0.25, 0.3) is 0 Å². The number of carboxylic acid groups (broad SMARTS) is 1. The standard InChI is InChI=1S/C14H19NO3S/c1-8-5-6-9(2)12(7-8)19-11(4)13(16)15-10(3)14(17)18/h5-7,10-11H,1-4H3,(H,15,16)(H,17,18). The van der Waals surface area contributed by atoms with Crippen molar-refractivity contribution in [2.75, 3.05) is 0 Å². The number of carboxylic acids is 1. The van der Waals surface area contributed by atoms with Crippen LogP contribution in [-0.2, 0) is 9.59 Å². The molecule has 0 aliphatic carbocycles. The third-order valence-electron chi connectivity index (χ3n) is 2.75. The average Bonchev–Trinajstić information content (AvgIpc) is 2.33. The van der Waals surface area contributed by atoms with Gasteiger partial charge in [-0.3, -0.25) is 9.59 Å². The molecule has 1 rings (SSSR count). The van der Waals surface area contributed by atoms with Crippen LogP contribution < -0.4 is 5.32 Å². The summed E-state index contributed by atoms with van der Waals surface area (Å²) in [7, 11) is 0. The Morgan fingerprint density at radius 2 is 1.89 bits per heavy atom. The molecule has 104 valence electrons. The van der Waals surface area contributed by atoms with Crippen LogP contribution in [0.15, 0.2) is 23.1 Å². The van der Waals surface area contributed by atoms with Crippen molar-refractivity contribution in [1.82, 2.24) is 5.32 Å². The summed E-state index contributed by atoms with van der Waals surface area (Å²) >= 11 is 1.44. The number of rotatable bonds is 5. The van der Waals surface area contributed by atoms with E-state index in [9.17, 15) is 9.59 Å². The zero-order valence-electron chi connectivity index (χ0n) is 11.6. The van der Waals surface area contributed by atoms with E-state index in [1.165, 1.54) is 18.7 Å². The Balaban J connectivity index is 2.68. The predicted molar refractivity (Wildman–Crippen MR) is 76.5 cm³/mol. The number of aliphatic carboxylic acids is 1. The van der Waals surface area contributed by atoms with Crippen LogP contribution in [0.5, 0.6) is 0 Å². The van der Waals surface area contributed by atoms with E-state index >= 15 is 0 Å². The van der Waals surface area contributed by atoms with Crippen LogP contribution in [0.2, 0.25) is 0 Å². The Kier molecular flexibility index (Phi) is 5.42. The van der Waals surface area contributed by atoms with Gasteiger partial charge >= 0.3 is 5.97 Å². The average molecular weight is 281 g/mol. The molecule has 0 aliphatic rings. The summed E-state index contributed by atoms with van der Waals surface area (Å²) in [5, 5.41) is 10.9. The van der Waals surface area contributed by atoms with Crippen molar-refractivity contribution in [2.45, 2.75) is 43.9 Å². The summed E-state index contributed by atoms with van der Waals surface area (Å²) in [6.45, 7) is 7.22. The molecule has 4 nitrogen and oxygen atoms in total. The molecule has 19 heavy (non-hydrogen) atoms. The van der Waals surface area contributed by atoms with Gasteiger partial charge in [-0.05, 0) is 39.3 Å². The highest BCUT2D eigenvalue weighted by atomic mass is 32.2. The minimum Gasteiger partial charge on any atom is -0.480 e. The topological polar surface area (TPSA) is 66.4 Å². The lowest BCUT2D eigenvalue weighted by Gasteiger charge is -2.15. The van der Waals surface area contributed by atoms with Crippen LogP contribution in [-0.4, -0.2) is 28.3 Å². The van der Waals surface area contributed by atoms with E-state index in [-0.39, 0.29) is 11.2 Å². The van der Waals surface area contributed by atoms with Crippen molar-refractivity contribution in [3.8, 4) is 0 Å². The smallest absolute Gasteiger partial charge is 0.325 e. The summed E-state index contributed by atoms with van der Waals surface area (Å²) in [6, 6.07) is 5.21. The molecule has 2 N–H and O–H groups in total. The van der Waals surface area contributed by atoms with Crippen molar-refractivity contribution in [3.05, 3.63) is 29.3 Å². The third-order valence-corrected chi connectivity index (χ3v) is 4.01. The second-order valence-corrected chi connectivity index (χ2v) is 5.98. The van der Waals surface area contributed by atoms with Gasteiger partial charge in [-0.25, -0.2) is 0 Å². The quantitative estimate of drug-likeness (QED) is 0.813. The number of amides is 1. The molecule has 0 bridgehead atoms. The Labute approximate surface area is 117 Å². The van der Waals surface area contributed by atoms with Crippen LogP contribution in [0.4, 0.5) is 0 Å². The summed E-state index contributed by atoms with van der Waals surface area (Å²) in [5.74, 6) is -1.29. The van der Waals surface area contributed by atoms with Gasteiger partial charge in [0.15, 0.2) is 0 Å². The van der Waals surface area contributed by atoms with Crippen LogP contribution in [0, 0.1) is 13.8 Å². The lowest BCUT2D eigenvalue weighted by Crippen LogP contribution is -2.42. The van der Waals surface area contributed by atoms with E-state index in [0.717, 1.165) is 16.0 Å². The number of thioether (sulfide) groups is 1. The van der Waals surface area contributed by atoms with Crippen molar-refractivity contribution >= 4 is 23.6 Å². The van der Waals surface area contributed by atoms with Gasteiger partial charge in [0.2, 0.25) is 5.91 Å². The number of hydrogen-bond acceptors (Lipinski definition) is 3. The molecule has 0 fully saturated rings. The number of aryl methyl sites for hydroxylation is 2. The Morgan fingerprint density at radius 3 is 2.47 bits per heavy atom. The van der Waals surface area contributed by atoms with Crippen molar-refractivity contribution < 1.29 is 14.7 Å². The molecule has 0 saturated heterocycles. The molecule has 0 radical (unpaired) electrons. The zero-order valence-corrected chi connectivity index (χ0v) is 12.4. The Hall–Kier alpha value is -1.49. The van der Waals surface area contributed by atoms with Crippen LogP contribution in [0.3, 0.4) is 0 Å². The normalized spacial score (nSPS) is 13.7. The first kappa shape index (κ1) is 15.6. The van der Waals surface area contributed by atoms with Gasteiger partial charge in [0.1, 0.15) is 6.04 Å². The lowest BCUT2D eigenvalue weighted by atomic mass is 10.2. The Bertz CT molecular complexity index is 488. The third kappa shape index (κ3) is 4.59. The second kappa shape index (κ2) is 6.61. The van der Waals surface area contributed by atoms with Crippen LogP contribution in [0.25, 0.3) is 0 Å². The summed E-state index contributed by atoms with van der Waals surface area (Å²) < 4.78 is 0. The molecule has 1 amide bonds. The van der Waals surface area contributed by atoms with Crippen molar-refractivity contribution in [2.24, 2.45) is 0 Å². The van der Waals surface area contributed by atoms with Gasteiger partial charge in [0, 0.05) is 4.90 Å². The fourth-order valence-corrected chi connectivity index (χ4v) is 2.53. The van der Waals surface area contributed by atoms with E-state index in [4.69, 9.17) is 5.11 Å². The van der Waals surface area contributed by atoms with E-state index in [1.807, 2.05) is 32.0 Å². The van der Waals surface area contributed by atoms with Gasteiger partial charge in [0.05, 0.1) is 5.25 Å². The number of nitrogens with one attached hydrogen (secondary N) is 1. The first-order chi connectivity index (χ1) is 8.81. The number of hydrogen-bond donors (Lipinski definition) is 2. The maximum Gasteiger partial charge on any atom is 0.325 e. The molecule has 0 spiro atoms. The van der Waals surface area contributed by atoms with E-state index in [2.05, 4.69) is 5.32 Å². The second-order valence-electron chi connectivity index (χ2n) is 4.60. The minimum atomic E-state index is -1.03. The summed E-state index contributed by atoms with van der Waals surface area (Å²) in [6.07, 6.45) is 0. The molecule has 0 heterocycles. The van der Waals surface area contributed by atoms with Crippen molar-refractivity contribution in [1.29, 1.82) is 0 Å². The summed E-state index contributed by atoms with van der Waals surface area (Å²) in [4.78, 5) is 23.6. The predicted octanol–water partition coefficient (Wildman–Crippen LogP) is 2.37. The first-order valence-corrected chi connectivity index (χ1v) is 6.96. The molecule has 5 heteroatoms. The van der Waals surface area contributed by atoms with E-state index in [0.29, 0.717) is 0 Å². The Morgan fingerprint density at radius 1 is 1.26 bits per heavy atom. The number of carbonyl (C=O) groups is 2. The molecule has 0 aliphatic heterocycles. The minimum absolute atomic E-state index is 0.263. The molecule has 2 unspecified atom stereocenters. The van der Waals surface area contributed by atoms with E-state index in [1.54, 1.807) is 6.92 Å². The number of benzene rings is 1. The molecule has 0 aromatic heterocycles. The SMILES string of the molecule is Cc1ccc(C)c(SC(C)C(=O)NC(C)C(=O)O)c1. The molecule has 1 aromatic rings. The number of carbonyl (C=O) groups excluding carboxylic acids is 1. The summed E-state index contributed by atoms with van der Waals surface area (Å²) in [5.41, 5.74) is 2.25. The van der Waals surface area contributed by atoms with Crippen molar-refractivity contribution in [3.63, 3.8) is 0 Å². The highest BCUT2D eigenvalue weighted by Crippen LogP contribution is 2.27. The maximum absolute atomic E-state index is 11.9. The largest absolute Gasteiger partial charge is 0.480 e. The highest BCUT2D eigenvalue weighted by molar-refractivity contribution is 8.00. The zero-order chi connectivity index (χ0) is 14.6. The van der Waals surface area contributed by atoms with E-state index < -0.39 is 12.0 Å². The molecule has 1 aromatic carbocycles. The van der Waals surface area contributed by atoms with Gasteiger partial charge in [-0.2, -0.15) is 0 Å². The monoisotopic (exact) mass is 281 g/mol. The molecular formula is C14H19NO3S. The highest BCUT2D eigenvalue weighted by Gasteiger charge is 2.20. The van der Waals surface area contributed by atoms with Gasteiger partial charge in [-0.1, -0.05) is 17.7 Å². The fraction of sp³-hybridized carbons (Fsp3) is 0.429. The lowest BCUT2D eigenvalue weighted by molar-refractivity contribution is -0.141. The maximum atomic E-state index is 11.9. The fourth-order valence-electron chi connectivity index (χ4n) is 1.47. The molecule has 0 saturated carbocycles. The van der Waals surface area contributed by atoms with Crippen LogP contribution in [0.1, 0.15) is 25.0 Å². The van der Waals surface area contributed by atoms with Gasteiger partial charge < -0.3 is 10.4 Å². The molecule has 2 atom stereocenters. The van der Waals surface area contributed by atoms with Gasteiger partial charge in [-0.15, -0.1) is 11.8 Å². The first-order valence-electron chi connectivity index (χ1n) is 6.08.